The third-order valence-electron chi connectivity index (χ3n) is 3.11. The van der Waals surface area contributed by atoms with Crippen molar-refractivity contribution >= 4 is 22.5 Å². The van der Waals surface area contributed by atoms with Gasteiger partial charge in [-0.1, -0.05) is 13.8 Å². The van der Waals surface area contributed by atoms with Gasteiger partial charge in [0.2, 0.25) is 0 Å². The molecule has 19 heavy (non-hydrogen) atoms. The summed E-state index contributed by atoms with van der Waals surface area (Å²) in [6.45, 7) is 4.21. The van der Waals surface area contributed by atoms with Crippen molar-refractivity contribution in [2.75, 3.05) is 18.9 Å². The zero-order valence-electron chi connectivity index (χ0n) is 11.2. The number of aromatic nitrogens is 1. The summed E-state index contributed by atoms with van der Waals surface area (Å²) in [5.74, 6) is -0.168. The van der Waals surface area contributed by atoms with E-state index in [4.69, 9.17) is 5.73 Å². The Morgan fingerprint density at radius 1 is 1.47 bits per heavy atom. The number of nitrogens with one attached hydrogen (secondary N) is 2. The Morgan fingerprint density at radius 3 is 2.89 bits per heavy atom. The summed E-state index contributed by atoms with van der Waals surface area (Å²) in [5.41, 5.74) is 7.47. The third kappa shape index (κ3) is 2.88. The molecule has 2 aromatic rings. The van der Waals surface area contributed by atoms with Gasteiger partial charge in [-0.3, -0.25) is 4.79 Å². The zero-order valence-corrected chi connectivity index (χ0v) is 11.2. The van der Waals surface area contributed by atoms with E-state index in [1.54, 1.807) is 18.3 Å². The molecule has 1 amide bonds. The fourth-order valence-corrected chi connectivity index (χ4v) is 1.80. The van der Waals surface area contributed by atoms with Crippen molar-refractivity contribution in [2.45, 2.75) is 13.8 Å². The second-order valence-electron chi connectivity index (χ2n) is 5.51. The molecule has 5 heteroatoms. The number of hydrogen-bond donors (Lipinski definition) is 4. The Bertz CT molecular complexity index is 602. The molecular formula is C14H19N3O2. The van der Waals surface area contributed by atoms with Gasteiger partial charge in [-0.15, -0.1) is 0 Å². The molecule has 5 N–H and O–H groups in total. The number of carbonyl (C=O) groups excluding carboxylic acids is 1. The molecule has 1 aromatic heterocycles. The predicted molar refractivity (Wildman–Crippen MR) is 75.9 cm³/mol. The van der Waals surface area contributed by atoms with Gasteiger partial charge in [0.05, 0.1) is 5.56 Å². The topological polar surface area (TPSA) is 91.1 Å². The maximum atomic E-state index is 12.1. The molecule has 2 rings (SSSR count). The molecule has 0 spiro atoms. The molecular weight excluding hydrogens is 242 g/mol. The van der Waals surface area contributed by atoms with E-state index in [0.717, 1.165) is 10.9 Å². The Morgan fingerprint density at radius 2 is 2.21 bits per heavy atom. The first-order chi connectivity index (χ1) is 8.93. The number of aliphatic hydroxyl groups is 1. The van der Waals surface area contributed by atoms with Crippen molar-refractivity contribution in [1.29, 1.82) is 0 Å². The second-order valence-corrected chi connectivity index (χ2v) is 5.51. The maximum absolute atomic E-state index is 12.1. The molecule has 0 aliphatic heterocycles. The van der Waals surface area contributed by atoms with Gasteiger partial charge in [0, 0.05) is 41.4 Å². The Kier molecular flexibility index (Phi) is 3.48. The largest absolute Gasteiger partial charge is 0.399 e. The number of rotatable bonds is 4. The average molecular weight is 261 g/mol. The normalized spacial score (nSPS) is 11.7. The molecule has 0 unspecified atom stereocenters. The quantitative estimate of drug-likeness (QED) is 0.628. The monoisotopic (exact) mass is 261 g/mol. The van der Waals surface area contributed by atoms with E-state index in [1.807, 2.05) is 19.9 Å². The minimum absolute atomic E-state index is 0.0219. The van der Waals surface area contributed by atoms with E-state index < -0.39 is 0 Å². The van der Waals surface area contributed by atoms with Gasteiger partial charge in [-0.2, -0.15) is 0 Å². The van der Waals surface area contributed by atoms with Crippen LogP contribution >= 0.6 is 0 Å². The van der Waals surface area contributed by atoms with Gasteiger partial charge in [0.25, 0.3) is 5.91 Å². The van der Waals surface area contributed by atoms with Gasteiger partial charge in [0.15, 0.2) is 0 Å². The average Bonchev–Trinajstić information content (AvgIpc) is 2.79. The number of fused-ring (bicyclic) bond motifs is 1. The number of hydrogen-bond acceptors (Lipinski definition) is 3. The van der Waals surface area contributed by atoms with Crippen molar-refractivity contribution in [3.8, 4) is 0 Å². The summed E-state index contributed by atoms with van der Waals surface area (Å²) in [5, 5.41) is 12.8. The Hall–Kier alpha value is -2.01. The van der Waals surface area contributed by atoms with Crippen LogP contribution in [-0.2, 0) is 0 Å². The summed E-state index contributed by atoms with van der Waals surface area (Å²) >= 11 is 0. The molecule has 0 saturated carbocycles. The standard InChI is InChI=1S/C14H19N3O2/c1-14(2,8-18)7-17-13(19)11-6-16-12-4-3-9(15)5-10(11)12/h3-6,16,18H,7-8,15H2,1-2H3,(H,17,19). The lowest BCUT2D eigenvalue weighted by Gasteiger charge is -2.21. The number of amides is 1. The Balaban J connectivity index is 2.20. The van der Waals surface area contributed by atoms with E-state index in [0.29, 0.717) is 17.8 Å². The third-order valence-corrected chi connectivity index (χ3v) is 3.11. The number of aromatic amines is 1. The van der Waals surface area contributed by atoms with Crippen molar-refractivity contribution in [2.24, 2.45) is 5.41 Å². The van der Waals surface area contributed by atoms with Crippen LogP contribution in [0.3, 0.4) is 0 Å². The van der Waals surface area contributed by atoms with Gasteiger partial charge in [-0.25, -0.2) is 0 Å². The highest BCUT2D eigenvalue weighted by molar-refractivity contribution is 6.07. The van der Waals surface area contributed by atoms with E-state index in [2.05, 4.69) is 10.3 Å². The van der Waals surface area contributed by atoms with Gasteiger partial charge in [0.1, 0.15) is 0 Å². The number of aliphatic hydroxyl groups excluding tert-OH is 1. The zero-order chi connectivity index (χ0) is 14.0. The fourth-order valence-electron chi connectivity index (χ4n) is 1.80. The van der Waals surface area contributed by atoms with E-state index >= 15 is 0 Å². The minimum Gasteiger partial charge on any atom is -0.399 e. The molecule has 1 heterocycles. The van der Waals surface area contributed by atoms with Crippen molar-refractivity contribution in [3.63, 3.8) is 0 Å². The SMILES string of the molecule is CC(C)(CO)CNC(=O)c1c[nH]c2ccc(N)cc12. The molecule has 1 aromatic carbocycles. The fraction of sp³-hybridized carbons (Fsp3) is 0.357. The lowest BCUT2D eigenvalue weighted by atomic mass is 9.95. The summed E-state index contributed by atoms with van der Waals surface area (Å²) in [7, 11) is 0. The van der Waals surface area contributed by atoms with E-state index in [-0.39, 0.29) is 17.9 Å². The first kappa shape index (κ1) is 13.4. The molecule has 102 valence electrons. The number of benzene rings is 1. The summed E-state index contributed by atoms with van der Waals surface area (Å²) in [6.07, 6.45) is 1.67. The van der Waals surface area contributed by atoms with Gasteiger partial charge >= 0.3 is 0 Å². The van der Waals surface area contributed by atoms with Crippen LogP contribution in [0.25, 0.3) is 10.9 Å². The number of nitrogen functional groups attached to an aromatic ring is 1. The Labute approximate surface area is 111 Å². The summed E-state index contributed by atoms with van der Waals surface area (Å²) < 4.78 is 0. The minimum atomic E-state index is -0.333. The molecule has 0 bridgehead atoms. The number of H-pyrrole nitrogens is 1. The number of carbonyl (C=O) groups is 1. The van der Waals surface area contributed by atoms with Gasteiger partial charge in [-0.05, 0) is 18.2 Å². The molecule has 0 atom stereocenters. The highest BCUT2D eigenvalue weighted by atomic mass is 16.3. The second kappa shape index (κ2) is 4.93. The lowest BCUT2D eigenvalue weighted by Crippen LogP contribution is -2.35. The highest BCUT2D eigenvalue weighted by Gasteiger charge is 2.19. The first-order valence-corrected chi connectivity index (χ1v) is 6.19. The highest BCUT2D eigenvalue weighted by Crippen LogP contribution is 2.21. The van der Waals surface area contributed by atoms with Crippen LogP contribution in [0.4, 0.5) is 5.69 Å². The lowest BCUT2D eigenvalue weighted by molar-refractivity contribution is 0.0912. The summed E-state index contributed by atoms with van der Waals surface area (Å²) in [6, 6.07) is 5.41. The summed E-state index contributed by atoms with van der Waals surface area (Å²) in [4.78, 5) is 15.2. The molecule has 0 saturated heterocycles. The smallest absolute Gasteiger partial charge is 0.253 e. The van der Waals surface area contributed by atoms with Crippen LogP contribution in [0, 0.1) is 5.41 Å². The van der Waals surface area contributed by atoms with Crippen LogP contribution in [0.5, 0.6) is 0 Å². The van der Waals surface area contributed by atoms with Crippen molar-refractivity contribution in [3.05, 3.63) is 30.0 Å². The van der Waals surface area contributed by atoms with Crippen molar-refractivity contribution < 1.29 is 9.90 Å². The van der Waals surface area contributed by atoms with Gasteiger partial charge < -0.3 is 21.1 Å². The molecule has 0 aliphatic rings. The predicted octanol–water partition coefficient (Wildman–Crippen LogP) is 1.50. The first-order valence-electron chi connectivity index (χ1n) is 6.19. The molecule has 0 radical (unpaired) electrons. The van der Waals surface area contributed by atoms with Crippen LogP contribution in [0.15, 0.2) is 24.4 Å². The van der Waals surface area contributed by atoms with Crippen LogP contribution in [-0.4, -0.2) is 29.1 Å². The van der Waals surface area contributed by atoms with Crippen LogP contribution in [0.1, 0.15) is 24.2 Å². The molecule has 0 fully saturated rings. The molecule has 5 nitrogen and oxygen atoms in total. The van der Waals surface area contributed by atoms with E-state index in [1.165, 1.54) is 0 Å². The number of anilines is 1. The van der Waals surface area contributed by atoms with Crippen molar-refractivity contribution in [1.82, 2.24) is 10.3 Å². The van der Waals surface area contributed by atoms with Crippen LogP contribution in [0.2, 0.25) is 0 Å². The maximum Gasteiger partial charge on any atom is 0.253 e. The molecule has 0 aliphatic carbocycles. The van der Waals surface area contributed by atoms with Crippen LogP contribution < -0.4 is 11.1 Å². The number of nitrogens with two attached hydrogens (primary N) is 1. The van der Waals surface area contributed by atoms with E-state index in [9.17, 15) is 9.90 Å².